The molecule has 0 aliphatic rings. The summed E-state index contributed by atoms with van der Waals surface area (Å²) in [6.07, 6.45) is -0.417. The molecule has 0 radical (unpaired) electrons. The normalized spacial score (nSPS) is 5.71. The molecule has 4 N–H and O–H groups in total. The van der Waals surface area contributed by atoms with E-state index < -0.39 is 6.17 Å². The van der Waals surface area contributed by atoms with E-state index in [0.29, 0.717) is 0 Å². The zero-order valence-corrected chi connectivity index (χ0v) is 6.85. The third-order valence-electron chi connectivity index (χ3n) is 0. The van der Waals surface area contributed by atoms with Crippen LogP contribution in [0.25, 0.3) is 0 Å². The first-order chi connectivity index (χ1) is 2.73. The van der Waals surface area contributed by atoms with Crippen LogP contribution in [0.3, 0.4) is 0 Å². The van der Waals surface area contributed by atoms with Crippen LogP contribution in [-0.2, 0) is 0 Å². The zero-order valence-electron chi connectivity index (χ0n) is 4.85. The van der Waals surface area contributed by atoms with E-state index in [0.717, 1.165) is 0 Å². The maximum atomic E-state index is 4.78. The van der Waals surface area contributed by atoms with Crippen molar-refractivity contribution in [3.63, 3.8) is 0 Å². The van der Waals surface area contributed by atoms with Crippen LogP contribution in [0, 0.1) is 6.92 Å². The summed E-state index contributed by atoms with van der Waals surface area (Å²) in [5.41, 5.74) is 9.56. The second kappa shape index (κ2) is 15.9. The standard InChI is InChI=1S/C2H7N2.C2H4.Na/c1-2(3)4;1-2;/h2H,1,3-4H2;1-2H2;/q-1;;+1. The molecule has 2 nitrogen and oxygen atoms in total. The first-order valence-corrected chi connectivity index (χ1v) is 1.57. The molecule has 0 aliphatic carbocycles. The number of hydrogen-bond donors (Lipinski definition) is 2. The Bertz CT molecular complexity index is 20.9. The molecule has 0 heterocycles. The van der Waals surface area contributed by atoms with Crippen molar-refractivity contribution in [3.8, 4) is 0 Å². The van der Waals surface area contributed by atoms with Gasteiger partial charge in [-0.25, -0.2) is 0 Å². The van der Waals surface area contributed by atoms with E-state index in [1.807, 2.05) is 0 Å². The van der Waals surface area contributed by atoms with Crippen molar-refractivity contribution in [2.24, 2.45) is 11.5 Å². The van der Waals surface area contributed by atoms with Crippen LogP contribution >= 0.6 is 0 Å². The fourth-order valence-electron chi connectivity index (χ4n) is 0. The molecule has 0 aromatic heterocycles. The fraction of sp³-hybridized carbons (Fsp3) is 0.250. The largest absolute Gasteiger partial charge is 1.00 e. The van der Waals surface area contributed by atoms with Gasteiger partial charge in [0.2, 0.25) is 0 Å². The SMILES string of the molecule is C=C.[CH2-]C(N)N.[Na+]. The minimum atomic E-state index is -0.417. The average Bonchev–Trinajstić information content (AvgIpc) is 1.41. The van der Waals surface area contributed by atoms with Gasteiger partial charge in [0.05, 0.1) is 0 Å². The van der Waals surface area contributed by atoms with E-state index in [2.05, 4.69) is 20.1 Å². The van der Waals surface area contributed by atoms with Crippen molar-refractivity contribution in [2.45, 2.75) is 6.17 Å². The van der Waals surface area contributed by atoms with Crippen molar-refractivity contribution in [2.75, 3.05) is 0 Å². The van der Waals surface area contributed by atoms with Gasteiger partial charge in [-0.05, 0) is 0 Å². The Kier molecular flexibility index (Phi) is 35.6. The minimum Gasteiger partial charge on any atom is -0.344 e. The topological polar surface area (TPSA) is 52.0 Å². The fourth-order valence-corrected chi connectivity index (χ4v) is 0. The molecule has 0 fully saturated rings. The maximum absolute atomic E-state index is 4.78. The van der Waals surface area contributed by atoms with E-state index in [-0.39, 0.29) is 29.6 Å². The third kappa shape index (κ3) is 332. The van der Waals surface area contributed by atoms with Crippen LogP contribution in [0.5, 0.6) is 0 Å². The minimum absolute atomic E-state index is 0. The molecule has 0 saturated carbocycles. The molecular weight excluding hydrogens is 99.0 g/mol. The van der Waals surface area contributed by atoms with Crippen molar-refractivity contribution in [1.29, 1.82) is 0 Å². The Morgan fingerprint density at radius 1 is 1.29 bits per heavy atom. The zero-order chi connectivity index (χ0) is 5.58. The van der Waals surface area contributed by atoms with Crippen LogP contribution in [0.1, 0.15) is 0 Å². The molecule has 0 unspecified atom stereocenters. The Balaban J connectivity index is -0.0000000480. The van der Waals surface area contributed by atoms with Gasteiger partial charge in [0, 0.05) is 0 Å². The quantitative estimate of drug-likeness (QED) is 0.150. The second-order valence-electron chi connectivity index (χ2n) is 0.664. The number of hydrogen-bond acceptors (Lipinski definition) is 2. The molecule has 0 aromatic rings. The molecule has 0 aromatic carbocycles. The Morgan fingerprint density at radius 3 is 1.29 bits per heavy atom. The molecular formula is C4H11N2Na. The molecule has 0 aliphatic heterocycles. The van der Waals surface area contributed by atoms with E-state index >= 15 is 0 Å². The van der Waals surface area contributed by atoms with Crippen molar-refractivity contribution < 1.29 is 29.6 Å². The Hall–Kier alpha value is 0.660. The third-order valence-corrected chi connectivity index (χ3v) is 0. The molecule has 3 heteroatoms. The van der Waals surface area contributed by atoms with Crippen LogP contribution < -0.4 is 41.0 Å². The number of nitrogens with two attached hydrogens (primary N) is 2. The monoisotopic (exact) mass is 110 g/mol. The summed E-state index contributed by atoms with van der Waals surface area (Å²) in [4.78, 5) is 0. The molecule has 0 atom stereocenters. The van der Waals surface area contributed by atoms with Crippen LogP contribution in [0.4, 0.5) is 0 Å². The molecule has 0 rings (SSSR count). The van der Waals surface area contributed by atoms with Gasteiger partial charge in [-0.2, -0.15) is 0 Å². The van der Waals surface area contributed by atoms with Gasteiger partial charge >= 0.3 is 29.6 Å². The van der Waals surface area contributed by atoms with Crippen molar-refractivity contribution >= 4 is 0 Å². The molecule has 0 saturated heterocycles. The Morgan fingerprint density at radius 2 is 1.29 bits per heavy atom. The molecule has 7 heavy (non-hydrogen) atoms. The van der Waals surface area contributed by atoms with Gasteiger partial charge in [-0.15, -0.1) is 13.2 Å². The Labute approximate surface area is 67.2 Å². The van der Waals surface area contributed by atoms with Gasteiger partial charge in [-0.1, -0.05) is 6.17 Å². The summed E-state index contributed by atoms with van der Waals surface area (Å²) >= 11 is 0. The van der Waals surface area contributed by atoms with Crippen molar-refractivity contribution in [1.82, 2.24) is 0 Å². The predicted octanol–water partition coefficient (Wildman–Crippen LogP) is -3.13. The summed E-state index contributed by atoms with van der Waals surface area (Å²) in [5.74, 6) is 0. The first-order valence-electron chi connectivity index (χ1n) is 1.57. The van der Waals surface area contributed by atoms with E-state index in [9.17, 15) is 0 Å². The maximum Gasteiger partial charge on any atom is 1.00 e. The van der Waals surface area contributed by atoms with Crippen LogP contribution in [0.2, 0.25) is 0 Å². The smallest absolute Gasteiger partial charge is 0.344 e. The summed E-state index contributed by atoms with van der Waals surface area (Å²) in [5, 5.41) is 0. The predicted molar refractivity (Wildman–Crippen MR) is 28.8 cm³/mol. The summed E-state index contributed by atoms with van der Waals surface area (Å²) in [6, 6.07) is 0. The summed E-state index contributed by atoms with van der Waals surface area (Å²) in [6.45, 7) is 9.19. The molecule has 0 bridgehead atoms. The van der Waals surface area contributed by atoms with Gasteiger partial charge in [0.1, 0.15) is 0 Å². The van der Waals surface area contributed by atoms with E-state index in [1.165, 1.54) is 0 Å². The van der Waals surface area contributed by atoms with Gasteiger partial charge in [0.15, 0.2) is 0 Å². The van der Waals surface area contributed by atoms with Gasteiger partial charge in [-0.3, -0.25) is 0 Å². The first kappa shape index (κ1) is 15.6. The molecule has 0 spiro atoms. The summed E-state index contributed by atoms with van der Waals surface area (Å²) in [7, 11) is 0. The van der Waals surface area contributed by atoms with Crippen molar-refractivity contribution in [3.05, 3.63) is 20.1 Å². The van der Waals surface area contributed by atoms with Crippen LogP contribution in [-0.4, -0.2) is 6.17 Å². The van der Waals surface area contributed by atoms with Crippen LogP contribution in [0.15, 0.2) is 13.2 Å². The number of rotatable bonds is 0. The molecule has 38 valence electrons. The van der Waals surface area contributed by atoms with Gasteiger partial charge < -0.3 is 18.4 Å². The summed E-state index contributed by atoms with van der Waals surface area (Å²) < 4.78 is 0. The van der Waals surface area contributed by atoms with Gasteiger partial charge in [0.25, 0.3) is 0 Å². The van der Waals surface area contributed by atoms with E-state index in [4.69, 9.17) is 11.5 Å². The van der Waals surface area contributed by atoms with E-state index in [1.54, 1.807) is 0 Å². The molecule has 0 amide bonds. The second-order valence-corrected chi connectivity index (χ2v) is 0.664. The average molecular weight is 110 g/mol.